The maximum Gasteiger partial charge on any atom is 0.126 e. The van der Waals surface area contributed by atoms with Gasteiger partial charge in [0.2, 0.25) is 0 Å². The fourth-order valence-electron chi connectivity index (χ4n) is 2.35. The van der Waals surface area contributed by atoms with Gasteiger partial charge in [-0.2, -0.15) is 0 Å². The molecule has 0 radical (unpaired) electrons. The lowest BCUT2D eigenvalue weighted by atomic mass is 9.99. The van der Waals surface area contributed by atoms with Gasteiger partial charge in [-0.05, 0) is 29.7 Å². The zero-order valence-electron chi connectivity index (χ0n) is 12.0. The minimum Gasteiger partial charge on any atom is -0.359 e. The van der Waals surface area contributed by atoms with Crippen molar-refractivity contribution in [1.29, 1.82) is 0 Å². The summed E-state index contributed by atoms with van der Waals surface area (Å²) in [6, 6.07) is 25.1. The van der Waals surface area contributed by atoms with Crippen LogP contribution in [-0.4, -0.2) is 4.98 Å². The van der Waals surface area contributed by atoms with Crippen molar-refractivity contribution in [2.75, 3.05) is 5.32 Å². The SMILES string of the molecule is Cc1ccc(NC(c2ccccc2)c2ccccc2)nc1. The lowest BCUT2D eigenvalue weighted by Gasteiger charge is -2.20. The van der Waals surface area contributed by atoms with Crippen LogP contribution in [-0.2, 0) is 0 Å². The molecule has 3 rings (SSSR count). The molecule has 1 aromatic heterocycles. The van der Waals surface area contributed by atoms with E-state index in [1.165, 1.54) is 11.1 Å². The van der Waals surface area contributed by atoms with Gasteiger partial charge in [0.1, 0.15) is 5.82 Å². The molecule has 1 N–H and O–H groups in total. The Morgan fingerprint density at radius 2 is 1.33 bits per heavy atom. The minimum atomic E-state index is 0.0996. The summed E-state index contributed by atoms with van der Waals surface area (Å²) in [4.78, 5) is 4.46. The maximum atomic E-state index is 4.46. The Balaban J connectivity index is 1.95. The van der Waals surface area contributed by atoms with E-state index in [0.717, 1.165) is 11.4 Å². The number of hydrogen-bond donors (Lipinski definition) is 1. The monoisotopic (exact) mass is 274 g/mol. The number of nitrogens with zero attached hydrogens (tertiary/aromatic N) is 1. The molecule has 21 heavy (non-hydrogen) atoms. The first kappa shape index (κ1) is 13.4. The summed E-state index contributed by atoms with van der Waals surface area (Å²) in [5.41, 5.74) is 3.62. The molecular formula is C19H18N2. The van der Waals surface area contributed by atoms with Crippen LogP contribution in [0.15, 0.2) is 79.0 Å². The average Bonchev–Trinajstić information content (AvgIpc) is 2.56. The number of nitrogens with one attached hydrogen (secondary N) is 1. The molecule has 0 saturated heterocycles. The van der Waals surface area contributed by atoms with Crippen LogP contribution in [0.4, 0.5) is 5.82 Å². The molecule has 0 aliphatic heterocycles. The predicted octanol–water partition coefficient (Wildman–Crippen LogP) is 4.59. The topological polar surface area (TPSA) is 24.9 Å². The van der Waals surface area contributed by atoms with Gasteiger partial charge in [0.25, 0.3) is 0 Å². The molecule has 2 aromatic carbocycles. The van der Waals surface area contributed by atoms with Crippen LogP contribution in [0.5, 0.6) is 0 Å². The van der Waals surface area contributed by atoms with Gasteiger partial charge in [-0.25, -0.2) is 4.98 Å². The molecule has 0 atom stereocenters. The molecule has 0 amide bonds. The molecule has 2 heteroatoms. The van der Waals surface area contributed by atoms with Crippen LogP contribution >= 0.6 is 0 Å². The van der Waals surface area contributed by atoms with E-state index in [1.54, 1.807) is 0 Å². The highest BCUT2D eigenvalue weighted by molar-refractivity contribution is 5.44. The van der Waals surface area contributed by atoms with Crippen molar-refractivity contribution in [2.45, 2.75) is 13.0 Å². The second kappa shape index (κ2) is 6.23. The van der Waals surface area contributed by atoms with E-state index in [-0.39, 0.29) is 6.04 Å². The minimum absolute atomic E-state index is 0.0996. The maximum absolute atomic E-state index is 4.46. The average molecular weight is 274 g/mol. The fraction of sp³-hybridized carbons (Fsp3) is 0.105. The van der Waals surface area contributed by atoms with E-state index in [4.69, 9.17) is 0 Å². The molecule has 0 bridgehead atoms. The van der Waals surface area contributed by atoms with E-state index in [2.05, 4.69) is 64.9 Å². The van der Waals surface area contributed by atoms with Crippen molar-refractivity contribution in [1.82, 2.24) is 4.98 Å². The Morgan fingerprint density at radius 1 is 0.762 bits per heavy atom. The smallest absolute Gasteiger partial charge is 0.126 e. The van der Waals surface area contributed by atoms with Crippen LogP contribution in [0.25, 0.3) is 0 Å². The zero-order chi connectivity index (χ0) is 14.5. The largest absolute Gasteiger partial charge is 0.359 e. The van der Waals surface area contributed by atoms with E-state index in [0.29, 0.717) is 0 Å². The number of anilines is 1. The fourth-order valence-corrected chi connectivity index (χ4v) is 2.35. The molecule has 0 saturated carbocycles. The highest BCUT2D eigenvalue weighted by Crippen LogP contribution is 2.25. The van der Waals surface area contributed by atoms with E-state index < -0.39 is 0 Å². The zero-order valence-corrected chi connectivity index (χ0v) is 12.0. The number of rotatable bonds is 4. The second-order valence-corrected chi connectivity index (χ2v) is 5.12. The van der Waals surface area contributed by atoms with Crippen molar-refractivity contribution in [3.63, 3.8) is 0 Å². The Labute approximate surface area is 125 Å². The van der Waals surface area contributed by atoms with E-state index in [1.807, 2.05) is 31.3 Å². The highest BCUT2D eigenvalue weighted by Gasteiger charge is 2.13. The quantitative estimate of drug-likeness (QED) is 0.752. The Kier molecular flexibility index (Phi) is 3.97. The summed E-state index contributed by atoms with van der Waals surface area (Å²) in [6.07, 6.45) is 1.88. The normalized spacial score (nSPS) is 10.6. The summed E-state index contributed by atoms with van der Waals surface area (Å²) >= 11 is 0. The lowest BCUT2D eigenvalue weighted by Crippen LogP contribution is -2.13. The van der Waals surface area contributed by atoms with Crippen molar-refractivity contribution < 1.29 is 0 Å². The molecular weight excluding hydrogens is 256 g/mol. The number of aryl methyl sites for hydroxylation is 1. The van der Waals surface area contributed by atoms with Crippen LogP contribution < -0.4 is 5.32 Å². The Hall–Kier alpha value is -2.61. The molecule has 0 fully saturated rings. The summed E-state index contributed by atoms with van der Waals surface area (Å²) in [5.74, 6) is 0.887. The molecule has 0 spiro atoms. The molecule has 0 aliphatic carbocycles. The third kappa shape index (κ3) is 3.29. The van der Waals surface area contributed by atoms with Crippen molar-refractivity contribution in [2.24, 2.45) is 0 Å². The summed E-state index contributed by atoms with van der Waals surface area (Å²) in [6.45, 7) is 2.04. The Bertz CT molecular complexity index is 636. The second-order valence-electron chi connectivity index (χ2n) is 5.12. The summed E-state index contributed by atoms with van der Waals surface area (Å²) in [5, 5.41) is 3.53. The number of aromatic nitrogens is 1. The molecule has 1 heterocycles. The molecule has 2 nitrogen and oxygen atoms in total. The first-order valence-corrected chi connectivity index (χ1v) is 7.12. The van der Waals surface area contributed by atoms with Crippen molar-refractivity contribution >= 4 is 5.82 Å². The lowest BCUT2D eigenvalue weighted by molar-refractivity contribution is 0.926. The van der Waals surface area contributed by atoms with Gasteiger partial charge < -0.3 is 5.32 Å². The summed E-state index contributed by atoms with van der Waals surface area (Å²) in [7, 11) is 0. The number of hydrogen-bond acceptors (Lipinski definition) is 2. The first-order valence-electron chi connectivity index (χ1n) is 7.12. The van der Waals surface area contributed by atoms with Gasteiger partial charge in [-0.3, -0.25) is 0 Å². The van der Waals surface area contributed by atoms with Gasteiger partial charge in [0, 0.05) is 6.20 Å². The Morgan fingerprint density at radius 3 is 1.81 bits per heavy atom. The first-order chi connectivity index (χ1) is 10.3. The number of pyridine rings is 1. The van der Waals surface area contributed by atoms with Crippen LogP contribution in [0.3, 0.4) is 0 Å². The van der Waals surface area contributed by atoms with E-state index >= 15 is 0 Å². The molecule has 104 valence electrons. The van der Waals surface area contributed by atoms with Gasteiger partial charge in [-0.15, -0.1) is 0 Å². The third-order valence-corrected chi connectivity index (χ3v) is 3.47. The van der Waals surface area contributed by atoms with Crippen LogP contribution in [0.1, 0.15) is 22.7 Å². The van der Waals surface area contributed by atoms with Crippen LogP contribution in [0, 0.1) is 6.92 Å². The van der Waals surface area contributed by atoms with E-state index in [9.17, 15) is 0 Å². The van der Waals surface area contributed by atoms with Crippen molar-refractivity contribution in [3.8, 4) is 0 Å². The van der Waals surface area contributed by atoms with Gasteiger partial charge in [-0.1, -0.05) is 66.7 Å². The van der Waals surface area contributed by atoms with Crippen molar-refractivity contribution in [3.05, 3.63) is 95.7 Å². The highest BCUT2D eigenvalue weighted by atomic mass is 15.0. The summed E-state index contributed by atoms with van der Waals surface area (Å²) < 4.78 is 0. The predicted molar refractivity (Wildman–Crippen MR) is 87.3 cm³/mol. The number of benzene rings is 2. The molecule has 0 unspecified atom stereocenters. The molecule has 0 aliphatic rings. The standard InChI is InChI=1S/C19H18N2/c1-15-12-13-18(20-14-15)21-19(16-8-4-2-5-9-16)17-10-6-3-7-11-17/h2-14,19H,1H3,(H,20,21). The van der Waals surface area contributed by atoms with Gasteiger partial charge >= 0.3 is 0 Å². The van der Waals surface area contributed by atoms with Gasteiger partial charge in [0.05, 0.1) is 6.04 Å². The van der Waals surface area contributed by atoms with Crippen LogP contribution in [0.2, 0.25) is 0 Å². The van der Waals surface area contributed by atoms with Gasteiger partial charge in [0.15, 0.2) is 0 Å². The molecule has 3 aromatic rings. The third-order valence-electron chi connectivity index (χ3n) is 3.47.